The first-order valence-electron chi connectivity index (χ1n) is 7.33. The Morgan fingerprint density at radius 2 is 2.22 bits per heavy atom. The highest BCUT2D eigenvalue weighted by Crippen LogP contribution is 2.35. The molecule has 0 spiro atoms. The summed E-state index contributed by atoms with van der Waals surface area (Å²) in [5, 5.41) is 11.9. The smallest absolute Gasteiger partial charge is 0.127 e. The van der Waals surface area contributed by atoms with E-state index in [0.717, 1.165) is 25.4 Å². The van der Waals surface area contributed by atoms with E-state index in [-0.39, 0.29) is 0 Å². The molecule has 4 nitrogen and oxygen atoms in total. The number of hydrogen-bond acceptors (Lipinski definition) is 3. The summed E-state index contributed by atoms with van der Waals surface area (Å²) >= 11 is 0. The third kappa shape index (κ3) is 1.92. The summed E-state index contributed by atoms with van der Waals surface area (Å²) in [6.45, 7) is 7.83. The Balaban J connectivity index is 1.91. The summed E-state index contributed by atoms with van der Waals surface area (Å²) in [6.07, 6.45) is 4.90. The van der Waals surface area contributed by atoms with Gasteiger partial charge in [-0.15, -0.1) is 0 Å². The number of nitrogens with one attached hydrogen (secondary N) is 2. The van der Waals surface area contributed by atoms with Crippen LogP contribution < -0.4 is 10.6 Å². The van der Waals surface area contributed by atoms with E-state index in [4.69, 9.17) is 5.10 Å². The van der Waals surface area contributed by atoms with Crippen molar-refractivity contribution in [3.8, 4) is 0 Å². The topological polar surface area (TPSA) is 41.9 Å². The molecule has 1 aromatic heterocycles. The Kier molecular flexibility index (Phi) is 3.29. The number of rotatable bonds is 2. The molecule has 2 N–H and O–H groups in total. The monoisotopic (exact) mass is 248 g/mol. The maximum atomic E-state index is 4.85. The van der Waals surface area contributed by atoms with Gasteiger partial charge in [-0.1, -0.05) is 6.92 Å². The van der Waals surface area contributed by atoms with Crippen molar-refractivity contribution in [2.75, 3.05) is 25.0 Å². The first-order chi connectivity index (χ1) is 8.81. The third-order valence-corrected chi connectivity index (χ3v) is 4.51. The highest BCUT2D eigenvalue weighted by molar-refractivity contribution is 5.48. The molecule has 100 valence electrons. The van der Waals surface area contributed by atoms with Gasteiger partial charge in [0.1, 0.15) is 5.82 Å². The fourth-order valence-corrected chi connectivity index (χ4v) is 3.46. The second-order valence-corrected chi connectivity index (χ2v) is 5.61. The second-order valence-electron chi connectivity index (χ2n) is 5.61. The number of hydrogen-bond donors (Lipinski definition) is 2. The van der Waals surface area contributed by atoms with Crippen LogP contribution in [0, 0.1) is 12.8 Å². The molecule has 4 heteroatoms. The minimum atomic E-state index is 0.591. The molecule has 0 radical (unpaired) electrons. The van der Waals surface area contributed by atoms with Crippen molar-refractivity contribution >= 4 is 5.82 Å². The van der Waals surface area contributed by atoms with E-state index >= 15 is 0 Å². The number of aromatic nitrogens is 2. The fraction of sp³-hybridized carbons (Fsp3) is 0.786. The van der Waals surface area contributed by atoms with Crippen LogP contribution in [0.5, 0.6) is 0 Å². The van der Waals surface area contributed by atoms with Crippen LogP contribution in [0.25, 0.3) is 0 Å². The molecule has 3 heterocycles. The van der Waals surface area contributed by atoms with E-state index in [2.05, 4.69) is 29.2 Å². The zero-order valence-electron chi connectivity index (χ0n) is 11.5. The molecule has 0 bridgehead atoms. The normalized spacial score (nSPS) is 27.7. The number of nitrogens with zero attached hydrogens (tertiary/aromatic N) is 2. The Morgan fingerprint density at radius 3 is 2.94 bits per heavy atom. The standard InChI is InChI=1S/C14H24N4/c1-3-12-10(2)14-16-8-6-13(18(14)17-12)11-5-4-7-15-9-11/h11,13,15-16H,3-9H2,1-2H3. The van der Waals surface area contributed by atoms with E-state index in [1.165, 1.54) is 42.9 Å². The molecule has 3 rings (SSSR count). The van der Waals surface area contributed by atoms with Crippen molar-refractivity contribution in [1.29, 1.82) is 0 Å². The lowest BCUT2D eigenvalue weighted by molar-refractivity contribution is 0.235. The molecule has 2 aliphatic rings. The second kappa shape index (κ2) is 4.92. The predicted molar refractivity (Wildman–Crippen MR) is 74.1 cm³/mol. The quantitative estimate of drug-likeness (QED) is 0.842. The lowest BCUT2D eigenvalue weighted by atomic mass is 9.89. The van der Waals surface area contributed by atoms with Gasteiger partial charge in [-0.05, 0) is 51.6 Å². The SMILES string of the molecule is CCc1nn2c(c1C)NCCC2C1CCCNC1. The molecule has 0 aliphatic carbocycles. The molecule has 0 aromatic carbocycles. The largest absolute Gasteiger partial charge is 0.370 e. The molecule has 18 heavy (non-hydrogen) atoms. The Hall–Kier alpha value is -1.03. The van der Waals surface area contributed by atoms with Crippen LogP contribution >= 0.6 is 0 Å². The molecule has 1 fully saturated rings. The summed E-state index contributed by atoms with van der Waals surface area (Å²) in [4.78, 5) is 0. The average Bonchev–Trinajstić information content (AvgIpc) is 2.77. The van der Waals surface area contributed by atoms with Gasteiger partial charge in [-0.3, -0.25) is 0 Å². The van der Waals surface area contributed by atoms with E-state index in [1.54, 1.807) is 0 Å². The minimum absolute atomic E-state index is 0.591. The first kappa shape index (κ1) is 12.0. The van der Waals surface area contributed by atoms with Crippen molar-refractivity contribution in [2.45, 2.75) is 45.6 Å². The summed E-state index contributed by atoms with van der Waals surface area (Å²) in [5.41, 5.74) is 2.61. The number of fused-ring (bicyclic) bond motifs is 1. The van der Waals surface area contributed by atoms with Gasteiger partial charge in [0.25, 0.3) is 0 Å². The highest BCUT2D eigenvalue weighted by atomic mass is 15.4. The summed E-state index contributed by atoms with van der Waals surface area (Å²) in [7, 11) is 0. The molecular formula is C14H24N4. The van der Waals surface area contributed by atoms with Gasteiger partial charge in [0, 0.05) is 12.1 Å². The van der Waals surface area contributed by atoms with E-state index < -0.39 is 0 Å². The summed E-state index contributed by atoms with van der Waals surface area (Å²) in [6, 6.07) is 0.591. The van der Waals surface area contributed by atoms with Crippen LogP contribution in [0.1, 0.15) is 43.5 Å². The maximum Gasteiger partial charge on any atom is 0.127 e. The van der Waals surface area contributed by atoms with Gasteiger partial charge in [-0.2, -0.15) is 5.10 Å². The number of piperidine rings is 1. The Labute approximate surface area is 109 Å². The lowest BCUT2D eigenvalue weighted by Gasteiger charge is -2.35. The van der Waals surface area contributed by atoms with Crippen molar-refractivity contribution in [3.63, 3.8) is 0 Å². The molecule has 1 saturated heterocycles. The summed E-state index contributed by atoms with van der Waals surface area (Å²) in [5.74, 6) is 2.03. The van der Waals surface area contributed by atoms with Crippen LogP contribution in [-0.2, 0) is 6.42 Å². The van der Waals surface area contributed by atoms with Gasteiger partial charge in [0.15, 0.2) is 0 Å². The maximum absolute atomic E-state index is 4.85. The zero-order valence-corrected chi connectivity index (χ0v) is 11.5. The summed E-state index contributed by atoms with van der Waals surface area (Å²) < 4.78 is 2.29. The van der Waals surface area contributed by atoms with Gasteiger partial charge in [-0.25, -0.2) is 4.68 Å². The van der Waals surface area contributed by atoms with Gasteiger partial charge < -0.3 is 10.6 Å². The Bertz CT molecular complexity index is 418. The predicted octanol–water partition coefficient (Wildman–Crippen LogP) is 2.11. The molecule has 0 saturated carbocycles. The molecule has 1 aromatic rings. The molecule has 2 atom stereocenters. The van der Waals surface area contributed by atoms with Crippen LogP contribution in [0.4, 0.5) is 5.82 Å². The van der Waals surface area contributed by atoms with Crippen molar-refractivity contribution in [2.24, 2.45) is 5.92 Å². The zero-order chi connectivity index (χ0) is 12.5. The Morgan fingerprint density at radius 1 is 1.33 bits per heavy atom. The first-order valence-corrected chi connectivity index (χ1v) is 7.33. The molecule has 2 unspecified atom stereocenters. The molecular weight excluding hydrogens is 224 g/mol. The van der Waals surface area contributed by atoms with Gasteiger partial charge in [0.05, 0.1) is 11.7 Å². The van der Waals surface area contributed by atoms with E-state index in [1.807, 2.05) is 0 Å². The molecule has 2 aliphatic heterocycles. The van der Waals surface area contributed by atoms with Crippen LogP contribution in [0.3, 0.4) is 0 Å². The van der Waals surface area contributed by atoms with Gasteiger partial charge >= 0.3 is 0 Å². The van der Waals surface area contributed by atoms with Crippen molar-refractivity contribution in [3.05, 3.63) is 11.3 Å². The van der Waals surface area contributed by atoms with Crippen LogP contribution in [0.15, 0.2) is 0 Å². The number of anilines is 1. The average molecular weight is 248 g/mol. The number of aryl methyl sites for hydroxylation is 1. The highest BCUT2D eigenvalue weighted by Gasteiger charge is 2.31. The lowest BCUT2D eigenvalue weighted by Crippen LogP contribution is -2.38. The molecule has 0 amide bonds. The fourth-order valence-electron chi connectivity index (χ4n) is 3.46. The van der Waals surface area contributed by atoms with E-state index in [9.17, 15) is 0 Å². The third-order valence-electron chi connectivity index (χ3n) is 4.51. The van der Waals surface area contributed by atoms with Crippen molar-refractivity contribution < 1.29 is 0 Å². The van der Waals surface area contributed by atoms with Crippen LogP contribution in [0.2, 0.25) is 0 Å². The van der Waals surface area contributed by atoms with Crippen molar-refractivity contribution in [1.82, 2.24) is 15.1 Å². The van der Waals surface area contributed by atoms with Crippen LogP contribution in [-0.4, -0.2) is 29.4 Å². The minimum Gasteiger partial charge on any atom is -0.370 e. The van der Waals surface area contributed by atoms with Gasteiger partial charge in [0.2, 0.25) is 0 Å². The van der Waals surface area contributed by atoms with E-state index in [0.29, 0.717) is 6.04 Å².